The molecule has 18 heavy (non-hydrogen) atoms. The van der Waals surface area contributed by atoms with E-state index in [-0.39, 0.29) is 30.1 Å². The number of likely N-dealkylation sites (tertiary alicyclic amines) is 1. The molecule has 0 radical (unpaired) electrons. The smallest absolute Gasteiger partial charge is 0.225 e. The zero-order valence-corrected chi connectivity index (χ0v) is 11.7. The van der Waals surface area contributed by atoms with Gasteiger partial charge < -0.3 is 20.3 Å². The molecule has 1 fully saturated rings. The number of carbonyl (C=O) groups is 2. The zero-order valence-electron chi connectivity index (χ0n) is 10.9. The first-order valence-electron chi connectivity index (χ1n) is 5.88. The van der Waals surface area contributed by atoms with Gasteiger partial charge in [0.25, 0.3) is 0 Å². The van der Waals surface area contributed by atoms with E-state index in [1.165, 1.54) is 0 Å². The van der Waals surface area contributed by atoms with Crippen LogP contribution in [0.1, 0.15) is 6.42 Å². The third-order valence-electron chi connectivity index (χ3n) is 2.82. The van der Waals surface area contributed by atoms with E-state index in [0.717, 1.165) is 6.54 Å². The molecule has 1 heterocycles. The van der Waals surface area contributed by atoms with Crippen LogP contribution in [0.2, 0.25) is 0 Å². The van der Waals surface area contributed by atoms with E-state index in [1.807, 2.05) is 7.05 Å². The lowest BCUT2D eigenvalue weighted by Gasteiger charge is -2.15. The highest BCUT2D eigenvalue weighted by Gasteiger charge is 2.33. The van der Waals surface area contributed by atoms with E-state index in [1.54, 1.807) is 12.0 Å². The molecule has 7 heteroatoms. The summed E-state index contributed by atoms with van der Waals surface area (Å²) in [5, 5.41) is 5.76. The Balaban J connectivity index is 0.00000289. The minimum Gasteiger partial charge on any atom is -0.383 e. The molecule has 0 aromatic heterocycles. The average molecular weight is 280 g/mol. The summed E-state index contributed by atoms with van der Waals surface area (Å²) in [5.41, 5.74) is 0. The summed E-state index contributed by atoms with van der Waals surface area (Å²) >= 11 is 0. The highest BCUT2D eigenvalue weighted by molar-refractivity contribution is 5.89. The van der Waals surface area contributed by atoms with Crippen molar-refractivity contribution in [3.8, 4) is 0 Å². The van der Waals surface area contributed by atoms with Crippen LogP contribution in [-0.4, -0.2) is 63.7 Å². The lowest BCUT2D eigenvalue weighted by Crippen LogP contribution is -2.36. The van der Waals surface area contributed by atoms with Crippen molar-refractivity contribution in [2.45, 2.75) is 6.42 Å². The largest absolute Gasteiger partial charge is 0.383 e. The van der Waals surface area contributed by atoms with Gasteiger partial charge in [-0.05, 0) is 7.05 Å². The predicted molar refractivity (Wildman–Crippen MR) is 70.7 cm³/mol. The Bertz CT molecular complexity index is 276. The molecule has 1 rings (SSSR count). The second-order valence-corrected chi connectivity index (χ2v) is 4.13. The number of methoxy groups -OCH3 is 1. The van der Waals surface area contributed by atoms with Crippen LogP contribution in [0.3, 0.4) is 0 Å². The number of carbonyl (C=O) groups excluding carboxylic acids is 2. The maximum absolute atomic E-state index is 11.7. The standard InChI is InChI=1S/C11H21N3O3.ClH/c1-12-3-4-13-11(16)9-7-10(15)14(8-9)5-6-17-2;/h9,12H,3-8H2,1-2H3,(H,13,16);1H. The number of nitrogens with zero attached hydrogens (tertiary/aromatic N) is 1. The first kappa shape index (κ1) is 17.2. The third kappa shape index (κ3) is 5.20. The molecule has 0 aromatic rings. The Morgan fingerprint density at radius 1 is 1.50 bits per heavy atom. The van der Waals surface area contributed by atoms with Gasteiger partial charge in [-0.25, -0.2) is 0 Å². The summed E-state index contributed by atoms with van der Waals surface area (Å²) in [6.07, 6.45) is 0.315. The van der Waals surface area contributed by atoms with Crippen molar-refractivity contribution < 1.29 is 14.3 Å². The van der Waals surface area contributed by atoms with Crippen LogP contribution in [0.4, 0.5) is 0 Å². The van der Waals surface area contributed by atoms with Gasteiger partial charge >= 0.3 is 0 Å². The lowest BCUT2D eigenvalue weighted by molar-refractivity contribution is -0.129. The van der Waals surface area contributed by atoms with Gasteiger partial charge in [0.05, 0.1) is 12.5 Å². The molecule has 0 spiro atoms. The number of hydrogen-bond acceptors (Lipinski definition) is 4. The normalized spacial score (nSPS) is 18.7. The molecule has 0 saturated carbocycles. The van der Waals surface area contributed by atoms with E-state index in [0.29, 0.717) is 32.7 Å². The van der Waals surface area contributed by atoms with E-state index in [9.17, 15) is 9.59 Å². The van der Waals surface area contributed by atoms with E-state index in [2.05, 4.69) is 10.6 Å². The van der Waals surface area contributed by atoms with Gasteiger partial charge in [-0.1, -0.05) is 0 Å². The second-order valence-electron chi connectivity index (χ2n) is 4.13. The minimum absolute atomic E-state index is 0. The third-order valence-corrected chi connectivity index (χ3v) is 2.82. The molecule has 2 N–H and O–H groups in total. The van der Waals surface area contributed by atoms with Crippen molar-refractivity contribution in [3.05, 3.63) is 0 Å². The number of ether oxygens (including phenoxy) is 1. The van der Waals surface area contributed by atoms with Crippen LogP contribution in [0.25, 0.3) is 0 Å². The van der Waals surface area contributed by atoms with Crippen LogP contribution in [0.15, 0.2) is 0 Å². The van der Waals surface area contributed by atoms with Gasteiger partial charge in [-0.3, -0.25) is 9.59 Å². The number of amides is 2. The Hall–Kier alpha value is -0.850. The van der Waals surface area contributed by atoms with Gasteiger partial charge in [0.15, 0.2) is 0 Å². The van der Waals surface area contributed by atoms with Gasteiger partial charge in [-0.2, -0.15) is 0 Å². The predicted octanol–water partition coefficient (Wildman–Crippen LogP) is -0.761. The summed E-state index contributed by atoms with van der Waals surface area (Å²) < 4.78 is 4.92. The fourth-order valence-corrected chi connectivity index (χ4v) is 1.82. The molecule has 0 aromatic carbocycles. The summed E-state index contributed by atoms with van der Waals surface area (Å²) in [5.74, 6) is -0.208. The summed E-state index contributed by atoms with van der Waals surface area (Å²) in [6.45, 7) is 2.92. The number of hydrogen-bond donors (Lipinski definition) is 2. The monoisotopic (exact) mass is 279 g/mol. The second kappa shape index (κ2) is 9.13. The fourth-order valence-electron chi connectivity index (χ4n) is 1.82. The zero-order chi connectivity index (χ0) is 12.7. The van der Waals surface area contributed by atoms with Crippen molar-refractivity contribution in [1.82, 2.24) is 15.5 Å². The van der Waals surface area contributed by atoms with E-state index >= 15 is 0 Å². The summed E-state index contributed by atoms with van der Waals surface area (Å²) in [4.78, 5) is 25.0. The van der Waals surface area contributed by atoms with Crippen LogP contribution in [0, 0.1) is 5.92 Å². The van der Waals surface area contributed by atoms with Gasteiger partial charge in [0.1, 0.15) is 0 Å². The molecule has 1 aliphatic rings. The molecular weight excluding hydrogens is 258 g/mol. The van der Waals surface area contributed by atoms with Crippen LogP contribution < -0.4 is 10.6 Å². The summed E-state index contributed by atoms with van der Waals surface area (Å²) in [7, 11) is 3.43. The van der Waals surface area contributed by atoms with E-state index in [4.69, 9.17) is 4.74 Å². The highest BCUT2D eigenvalue weighted by atomic mass is 35.5. The molecule has 1 atom stereocenters. The van der Waals surface area contributed by atoms with Crippen molar-refractivity contribution >= 4 is 24.2 Å². The van der Waals surface area contributed by atoms with Gasteiger partial charge in [-0.15, -0.1) is 12.4 Å². The topological polar surface area (TPSA) is 70.7 Å². The molecule has 2 amide bonds. The molecule has 1 aliphatic heterocycles. The first-order valence-corrected chi connectivity index (χ1v) is 5.88. The number of rotatable bonds is 7. The van der Waals surface area contributed by atoms with Crippen molar-refractivity contribution in [1.29, 1.82) is 0 Å². The van der Waals surface area contributed by atoms with Crippen molar-refractivity contribution in [2.24, 2.45) is 5.92 Å². The first-order chi connectivity index (χ1) is 8.19. The highest BCUT2D eigenvalue weighted by Crippen LogP contribution is 2.17. The summed E-state index contributed by atoms with van der Waals surface area (Å²) in [6, 6.07) is 0. The average Bonchev–Trinajstić information content (AvgIpc) is 2.68. The van der Waals surface area contributed by atoms with Crippen molar-refractivity contribution in [3.63, 3.8) is 0 Å². The maximum atomic E-state index is 11.7. The lowest BCUT2D eigenvalue weighted by atomic mass is 10.1. The fraction of sp³-hybridized carbons (Fsp3) is 0.818. The minimum atomic E-state index is -0.212. The Labute approximate surface area is 114 Å². The Kier molecular flexibility index (Phi) is 8.70. The Morgan fingerprint density at radius 2 is 2.22 bits per heavy atom. The number of likely N-dealkylation sites (N-methyl/N-ethyl adjacent to an activating group) is 1. The molecule has 0 aliphatic carbocycles. The molecule has 0 bridgehead atoms. The number of nitrogens with one attached hydrogen (secondary N) is 2. The SMILES string of the molecule is CNCCNC(=O)C1CC(=O)N(CCOC)C1.Cl. The van der Waals surface area contributed by atoms with Crippen molar-refractivity contribution in [2.75, 3.05) is 46.9 Å². The van der Waals surface area contributed by atoms with E-state index < -0.39 is 0 Å². The van der Waals surface area contributed by atoms with Crippen LogP contribution in [-0.2, 0) is 14.3 Å². The molecule has 1 unspecified atom stereocenters. The Morgan fingerprint density at radius 3 is 2.83 bits per heavy atom. The molecule has 6 nitrogen and oxygen atoms in total. The maximum Gasteiger partial charge on any atom is 0.225 e. The van der Waals surface area contributed by atoms with Gasteiger partial charge in [0.2, 0.25) is 11.8 Å². The quantitative estimate of drug-likeness (QED) is 0.601. The van der Waals surface area contributed by atoms with Gasteiger partial charge in [0, 0.05) is 39.7 Å². The molecule has 106 valence electrons. The molecular formula is C11H22ClN3O3. The van der Waals surface area contributed by atoms with Crippen LogP contribution >= 0.6 is 12.4 Å². The number of halogens is 1. The van der Waals surface area contributed by atoms with Crippen LogP contribution in [0.5, 0.6) is 0 Å². The molecule has 1 saturated heterocycles.